The second kappa shape index (κ2) is 4.88. The molecule has 5 nitrogen and oxygen atoms in total. The summed E-state index contributed by atoms with van der Waals surface area (Å²) in [5, 5.41) is 0. The first-order chi connectivity index (χ1) is 8.28. The van der Waals surface area contributed by atoms with Gasteiger partial charge in [-0.3, -0.25) is 0 Å². The minimum Gasteiger partial charge on any atom is -0.497 e. The monoisotopic (exact) mass is 234 g/mol. The highest BCUT2D eigenvalue weighted by Gasteiger charge is 2.12. The van der Waals surface area contributed by atoms with Crippen molar-refractivity contribution in [3.8, 4) is 22.8 Å². The number of aromatic nitrogens is 1. The number of benzene rings is 1. The van der Waals surface area contributed by atoms with E-state index < -0.39 is 0 Å². The fourth-order valence-electron chi connectivity index (χ4n) is 1.54. The maximum atomic E-state index is 5.49. The molecule has 0 radical (unpaired) electrons. The summed E-state index contributed by atoms with van der Waals surface area (Å²) < 4.78 is 15.9. The van der Waals surface area contributed by atoms with Gasteiger partial charge in [0, 0.05) is 0 Å². The minimum absolute atomic E-state index is 0.270. The lowest BCUT2D eigenvalue weighted by Crippen LogP contribution is -1.95. The van der Waals surface area contributed by atoms with Crippen LogP contribution in [0.5, 0.6) is 11.5 Å². The second-order valence-electron chi connectivity index (χ2n) is 3.39. The summed E-state index contributed by atoms with van der Waals surface area (Å²) in [5.74, 6) is 2.53. The van der Waals surface area contributed by atoms with Crippen LogP contribution in [0.4, 0.5) is 0 Å². The highest BCUT2D eigenvalue weighted by Crippen LogP contribution is 2.33. The molecule has 0 saturated heterocycles. The largest absolute Gasteiger partial charge is 0.497 e. The Morgan fingerprint density at radius 1 is 1.29 bits per heavy atom. The molecule has 0 fully saturated rings. The number of hydrogen-bond acceptors (Lipinski definition) is 5. The predicted molar refractivity (Wildman–Crippen MR) is 62.9 cm³/mol. The zero-order valence-electron chi connectivity index (χ0n) is 9.77. The highest BCUT2D eigenvalue weighted by atomic mass is 16.5. The van der Waals surface area contributed by atoms with E-state index in [2.05, 4.69) is 4.98 Å². The smallest absolute Gasteiger partial charge is 0.208 e. The van der Waals surface area contributed by atoms with Crippen molar-refractivity contribution in [1.82, 2.24) is 4.98 Å². The van der Waals surface area contributed by atoms with Gasteiger partial charge in [0.1, 0.15) is 11.5 Å². The standard InChI is InChI=1S/C12H14N2O3/c1-15-8-3-4-10(16-2)9(5-8)11-7-14-12(6-13)17-11/h3-5,7H,6,13H2,1-2H3. The van der Waals surface area contributed by atoms with E-state index in [0.29, 0.717) is 17.4 Å². The first-order valence-electron chi connectivity index (χ1n) is 5.15. The number of hydrogen-bond donors (Lipinski definition) is 1. The molecule has 1 heterocycles. The van der Waals surface area contributed by atoms with Gasteiger partial charge in [-0.05, 0) is 18.2 Å². The maximum absolute atomic E-state index is 5.49. The van der Waals surface area contributed by atoms with Gasteiger partial charge < -0.3 is 19.6 Å². The van der Waals surface area contributed by atoms with Crippen molar-refractivity contribution in [3.63, 3.8) is 0 Å². The molecule has 1 aromatic carbocycles. The lowest BCUT2D eigenvalue weighted by atomic mass is 10.1. The van der Waals surface area contributed by atoms with Crippen molar-refractivity contribution < 1.29 is 13.9 Å². The Kier molecular flexibility index (Phi) is 3.30. The van der Waals surface area contributed by atoms with Crippen molar-refractivity contribution in [1.29, 1.82) is 0 Å². The Hall–Kier alpha value is -2.01. The third kappa shape index (κ3) is 2.24. The molecule has 0 aliphatic rings. The fraction of sp³-hybridized carbons (Fsp3) is 0.250. The van der Waals surface area contributed by atoms with Crippen LogP contribution in [0, 0.1) is 0 Å². The summed E-state index contributed by atoms with van der Waals surface area (Å²) in [5.41, 5.74) is 6.25. The quantitative estimate of drug-likeness (QED) is 0.873. The van der Waals surface area contributed by atoms with Crippen LogP contribution >= 0.6 is 0 Å². The SMILES string of the molecule is COc1ccc(OC)c(-c2cnc(CN)o2)c1. The Balaban J connectivity index is 2.47. The third-order valence-electron chi connectivity index (χ3n) is 2.40. The molecule has 0 saturated carbocycles. The van der Waals surface area contributed by atoms with Crippen LogP contribution in [0.3, 0.4) is 0 Å². The molecule has 2 aromatic rings. The van der Waals surface area contributed by atoms with Gasteiger partial charge in [0.05, 0.1) is 32.5 Å². The number of rotatable bonds is 4. The third-order valence-corrected chi connectivity index (χ3v) is 2.40. The van der Waals surface area contributed by atoms with Crippen molar-refractivity contribution >= 4 is 0 Å². The number of methoxy groups -OCH3 is 2. The van der Waals surface area contributed by atoms with Gasteiger partial charge in [-0.1, -0.05) is 0 Å². The van der Waals surface area contributed by atoms with Crippen LogP contribution in [-0.2, 0) is 6.54 Å². The Morgan fingerprint density at radius 2 is 2.12 bits per heavy atom. The van der Waals surface area contributed by atoms with Gasteiger partial charge in [-0.2, -0.15) is 0 Å². The van der Waals surface area contributed by atoms with Gasteiger partial charge in [0.2, 0.25) is 5.89 Å². The molecule has 90 valence electrons. The second-order valence-corrected chi connectivity index (χ2v) is 3.39. The number of ether oxygens (including phenoxy) is 2. The topological polar surface area (TPSA) is 70.5 Å². The van der Waals surface area contributed by atoms with Crippen LogP contribution in [0.25, 0.3) is 11.3 Å². The summed E-state index contributed by atoms with van der Waals surface area (Å²) >= 11 is 0. The van der Waals surface area contributed by atoms with E-state index in [1.54, 1.807) is 20.4 Å². The molecule has 0 aliphatic heterocycles. The van der Waals surface area contributed by atoms with Gasteiger partial charge in [0.25, 0.3) is 0 Å². The molecule has 17 heavy (non-hydrogen) atoms. The highest BCUT2D eigenvalue weighted by molar-refractivity contribution is 5.67. The van der Waals surface area contributed by atoms with Crippen molar-refractivity contribution in [2.24, 2.45) is 5.73 Å². The van der Waals surface area contributed by atoms with E-state index in [-0.39, 0.29) is 6.54 Å². The molecule has 0 unspecified atom stereocenters. The van der Waals surface area contributed by atoms with Gasteiger partial charge >= 0.3 is 0 Å². The van der Waals surface area contributed by atoms with Crippen molar-refractivity contribution in [3.05, 3.63) is 30.3 Å². The predicted octanol–water partition coefficient (Wildman–Crippen LogP) is 1.82. The van der Waals surface area contributed by atoms with Crippen LogP contribution < -0.4 is 15.2 Å². The lowest BCUT2D eigenvalue weighted by molar-refractivity contribution is 0.402. The number of oxazole rings is 1. The molecule has 0 spiro atoms. The molecular formula is C12H14N2O3. The van der Waals surface area contributed by atoms with E-state index in [9.17, 15) is 0 Å². The summed E-state index contributed by atoms with van der Waals surface area (Å²) in [6.45, 7) is 0.270. The van der Waals surface area contributed by atoms with Crippen molar-refractivity contribution in [2.75, 3.05) is 14.2 Å². The zero-order chi connectivity index (χ0) is 12.3. The fourth-order valence-corrected chi connectivity index (χ4v) is 1.54. The summed E-state index contributed by atoms with van der Waals surface area (Å²) in [6.07, 6.45) is 1.62. The van der Waals surface area contributed by atoms with E-state index in [1.165, 1.54) is 0 Å². The Labute approximate surface area is 99.2 Å². The molecule has 5 heteroatoms. The number of nitrogens with two attached hydrogens (primary N) is 1. The van der Waals surface area contributed by atoms with E-state index >= 15 is 0 Å². The van der Waals surface area contributed by atoms with Crippen molar-refractivity contribution in [2.45, 2.75) is 6.54 Å². The van der Waals surface area contributed by atoms with Gasteiger partial charge in [0.15, 0.2) is 5.76 Å². The van der Waals surface area contributed by atoms with Crippen LogP contribution in [0.1, 0.15) is 5.89 Å². The zero-order valence-corrected chi connectivity index (χ0v) is 9.77. The molecular weight excluding hydrogens is 220 g/mol. The normalized spacial score (nSPS) is 10.3. The first-order valence-corrected chi connectivity index (χ1v) is 5.15. The summed E-state index contributed by atoms with van der Waals surface area (Å²) in [4.78, 5) is 4.05. The molecule has 0 amide bonds. The maximum Gasteiger partial charge on any atom is 0.208 e. The van der Waals surface area contributed by atoms with E-state index in [4.69, 9.17) is 19.6 Å². The van der Waals surface area contributed by atoms with Gasteiger partial charge in [-0.25, -0.2) is 4.98 Å². The average molecular weight is 234 g/mol. The lowest BCUT2D eigenvalue weighted by Gasteiger charge is -2.07. The average Bonchev–Trinajstić information content (AvgIpc) is 2.86. The molecule has 0 aliphatic carbocycles. The van der Waals surface area contributed by atoms with E-state index in [0.717, 1.165) is 11.3 Å². The Morgan fingerprint density at radius 3 is 2.71 bits per heavy atom. The molecule has 0 atom stereocenters. The summed E-state index contributed by atoms with van der Waals surface area (Å²) in [7, 11) is 3.21. The number of nitrogens with zero attached hydrogens (tertiary/aromatic N) is 1. The first kappa shape index (κ1) is 11.5. The van der Waals surface area contributed by atoms with Gasteiger partial charge in [-0.15, -0.1) is 0 Å². The van der Waals surface area contributed by atoms with E-state index in [1.807, 2.05) is 18.2 Å². The molecule has 0 bridgehead atoms. The van der Waals surface area contributed by atoms with Crippen LogP contribution in [0.15, 0.2) is 28.8 Å². The van der Waals surface area contributed by atoms with Crippen LogP contribution in [0.2, 0.25) is 0 Å². The summed E-state index contributed by atoms with van der Waals surface area (Å²) in [6, 6.07) is 5.47. The minimum atomic E-state index is 0.270. The molecule has 2 N–H and O–H groups in total. The molecule has 1 aromatic heterocycles. The van der Waals surface area contributed by atoms with Crippen LogP contribution in [-0.4, -0.2) is 19.2 Å². The Bertz CT molecular complexity index is 508. The molecule has 2 rings (SSSR count).